The van der Waals surface area contributed by atoms with Crippen LogP contribution in [-0.2, 0) is 28.6 Å². The van der Waals surface area contributed by atoms with E-state index in [-0.39, 0.29) is 37.5 Å². The number of esters is 3. The first-order chi connectivity index (χ1) is 29.0. The first-order valence-corrected chi connectivity index (χ1v) is 24.5. The molecule has 1 atom stereocenters. The van der Waals surface area contributed by atoms with Crippen molar-refractivity contribution < 1.29 is 28.6 Å². The van der Waals surface area contributed by atoms with E-state index in [4.69, 9.17) is 14.2 Å². The van der Waals surface area contributed by atoms with Crippen molar-refractivity contribution in [1.29, 1.82) is 0 Å². The van der Waals surface area contributed by atoms with Gasteiger partial charge in [0.15, 0.2) is 6.10 Å². The van der Waals surface area contributed by atoms with Crippen LogP contribution in [-0.4, -0.2) is 37.2 Å². The Morgan fingerprint density at radius 3 is 1.24 bits per heavy atom. The average Bonchev–Trinajstić information content (AvgIpc) is 3.23. The summed E-state index contributed by atoms with van der Waals surface area (Å²) < 4.78 is 16.7. The van der Waals surface area contributed by atoms with Crippen LogP contribution in [0.4, 0.5) is 0 Å². The second-order valence-electron chi connectivity index (χ2n) is 16.0. The zero-order chi connectivity index (χ0) is 43.0. The van der Waals surface area contributed by atoms with Gasteiger partial charge in [0, 0.05) is 19.3 Å². The van der Waals surface area contributed by atoms with E-state index in [0.29, 0.717) is 19.3 Å². The van der Waals surface area contributed by atoms with E-state index in [9.17, 15) is 14.4 Å². The Morgan fingerprint density at radius 2 is 0.729 bits per heavy atom. The van der Waals surface area contributed by atoms with Crippen LogP contribution >= 0.6 is 0 Å². The fourth-order valence-corrected chi connectivity index (χ4v) is 6.49. The minimum atomic E-state index is -0.799. The molecule has 0 amide bonds. The molecule has 0 rings (SSSR count). The number of hydrogen-bond donors (Lipinski definition) is 0. The molecule has 0 spiro atoms. The van der Waals surface area contributed by atoms with Gasteiger partial charge in [-0.25, -0.2) is 0 Å². The highest BCUT2D eigenvalue weighted by atomic mass is 16.6. The first-order valence-electron chi connectivity index (χ1n) is 24.5. The molecule has 0 aromatic heterocycles. The van der Waals surface area contributed by atoms with E-state index < -0.39 is 6.10 Å². The van der Waals surface area contributed by atoms with Gasteiger partial charge in [0.1, 0.15) is 13.2 Å². The Labute approximate surface area is 363 Å². The zero-order valence-electron chi connectivity index (χ0n) is 38.5. The maximum atomic E-state index is 12.7. The lowest BCUT2D eigenvalue weighted by Crippen LogP contribution is -2.30. The molecule has 0 bridgehead atoms. The smallest absolute Gasteiger partial charge is 0.306 e. The molecule has 0 fully saturated rings. The number of carbonyl (C=O) groups excluding carboxylic acids is 3. The van der Waals surface area contributed by atoms with E-state index in [1.54, 1.807) is 0 Å². The van der Waals surface area contributed by atoms with Crippen molar-refractivity contribution in [2.45, 2.75) is 232 Å². The van der Waals surface area contributed by atoms with Crippen molar-refractivity contribution in [2.75, 3.05) is 13.2 Å². The number of hydrogen-bond acceptors (Lipinski definition) is 6. The lowest BCUT2D eigenvalue weighted by Gasteiger charge is -2.18. The summed E-state index contributed by atoms with van der Waals surface area (Å²) in [5.41, 5.74) is 0. The minimum absolute atomic E-state index is 0.0966. The van der Waals surface area contributed by atoms with Gasteiger partial charge in [-0.15, -0.1) is 0 Å². The van der Waals surface area contributed by atoms with Gasteiger partial charge in [0.2, 0.25) is 0 Å². The number of allylic oxidation sites excluding steroid dienone is 12. The molecule has 59 heavy (non-hydrogen) atoms. The van der Waals surface area contributed by atoms with Gasteiger partial charge in [-0.2, -0.15) is 0 Å². The maximum absolute atomic E-state index is 12.7. The molecule has 0 aliphatic heterocycles. The average molecular weight is 823 g/mol. The van der Waals surface area contributed by atoms with Crippen molar-refractivity contribution in [2.24, 2.45) is 0 Å². The van der Waals surface area contributed by atoms with Crippen molar-refractivity contribution in [3.63, 3.8) is 0 Å². The fourth-order valence-electron chi connectivity index (χ4n) is 6.49. The summed E-state index contributed by atoms with van der Waals surface area (Å²) in [6.45, 7) is 6.39. The number of unbranched alkanes of at least 4 members (excludes halogenated alkanes) is 21. The minimum Gasteiger partial charge on any atom is -0.462 e. The summed E-state index contributed by atoms with van der Waals surface area (Å²) in [6, 6.07) is 0. The number of rotatable bonds is 43. The quantitative estimate of drug-likeness (QED) is 0.0200. The highest BCUT2D eigenvalue weighted by molar-refractivity contribution is 5.71. The molecule has 0 saturated heterocycles. The Kier molecular flexibility index (Phi) is 45.0. The molecule has 0 radical (unpaired) electrons. The molecule has 0 saturated carbocycles. The van der Waals surface area contributed by atoms with Crippen LogP contribution < -0.4 is 0 Å². The largest absolute Gasteiger partial charge is 0.462 e. The molecule has 1 unspecified atom stereocenters. The molecule has 6 heteroatoms. The summed E-state index contributed by atoms with van der Waals surface area (Å²) in [5, 5.41) is 0. The maximum Gasteiger partial charge on any atom is 0.306 e. The normalized spacial score (nSPS) is 12.7. The van der Waals surface area contributed by atoms with Gasteiger partial charge in [-0.05, 0) is 96.3 Å². The van der Waals surface area contributed by atoms with Gasteiger partial charge < -0.3 is 14.2 Å². The van der Waals surface area contributed by atoms with Crippen LogP contribution in [0.25, 0.3) is 0 Å². The number of ether oxygens (including phenoxy) is 3. The van der Waals surface area contributed by atoms with Gasteiger partial charge in [0.05, 0.1) is 0 Å². The Morgan fingerprint density at radius 1 is 0.373 bits per heavy atom. The second-order valence-corrected chi connectivity index (χ2v) is 16.0. The molecular formula is C53H90O6. The Hall–Kier alpha value is -3.15. The van der Waals surface area contributed by atoms with Crippen molar-refractivity contribution in [3.8, 4) is 0 Å². The third-order valence-electron chi connectivity index (χ3n) is 10.2. The van der Waals surface area contributed by atoms with Gasteiger partial charge in [0.25, 0.3) is 0 Å². The predicted molar refractivity (Wildman–Crippen MR) is 251 cm³/mol. The zero-order valence-corrected chi connectivity index (χ0v) is 38.5. The molecule has 0 aromatic rings. The molecule has 0 aromatic carbocycles. The highest BCUT2D eigenvalue weighted by Gasteiger charge is 2.19. The van der Waals surface area contributed by atoms with E-state index in [1.807, 2.05) is 0 Å². The van der Waals surface area contributed by atoms with Gasteiger partial charge in [-0.3, -0.25) is 14.4 Å². The standard InChI is InChI=1S/C53H90O6/c1-4-7-10-13-16-19-22-24-25-26-27-28-29-30-32-34-37-40-43-46-52(55)58-49-50(48-57-51(54)45-42-39-36-33-21-18-15-12-9-6-3)59-53(56)47-44-41-38-35-31-23-20-17-14-11-8-5-2/h8,11,15-20,22,24,31,35,50H,4-7,9-10,12-14,21,23,25-30,32-34,36-49H2,1-3H3/b11-8-,18-15-,19-16-,20-17-,24-22-,35-31-. The molecule has 0 N–H and O–H groups in total. The van der Waals surface area contributed by atoms with Crippen LogP contribution in [0.5, 0.6) is 0 Å². The van der Waals surface area contributed by atoms with E-state index >= 15 is 0 Å². The topological polar surface area (TPSA) is 78.9 Å². The number of carbonyl (C=O) groups is 3. The molecule has 0 heterocycles. The summed E-state index contributed by atoms with van der Waals surface area (Å²) in [5.74, 6) is -0.957. The third-order valence-corrected chi connectivity index (χ3v) is 10.2. The molecule has 6 nitrogen and oxygen atoms in total. The van der Waals surface area contributed by atoms with Gasteiger partial charge >= 0.3 is 17.9 Å². The van der Waals surface area contributed by atoms with E-state index in [0.717, 1.165) is 89.9 Å². The third kappa shape index (κ3) is 45.8. The Balaban J connectivity index is 4.36. The van der Waals surface area contributed by atoms with Gasteiger partial charge in [-0.1, -0.05) is 184 Å². The summed E-state index contributed by atoms with van der Waals surface area (Å²) in [6.07, 6.45) is 58.9. The molecule has 0 aliphatic rings. The summed E-state index contributed by atoms with van der Waals surface area (Å²) in [7, 11) is 0. The SMILES string of the molecule is CC/C=C\C/C=C\C/C=C\CCCCC(=O)OC(COC(=O)CCCCCC/C=C\CCCC)COC(=O)CCCCCCCCCCCC/C=C\C=C/CCCCC. The molecule has 0 aliphatic carbocycles. The molecule has 338 valence electrons. The van der Waals surface area contributed by atoms with Crippen molar-refractivity contribution in [3.05, 3.63) is 72.9 Å². The van der Waals surface area contributed by atoms with Crippen LogP contribution in [0.2, 0.25) is 0 Å². The van der Waals surface area contributed by atoms with Crippen LogP contribution in [0, 0.1) is 0 Å². The summed E-state index contributed by atoms with van der Waals surface area (Å²) in [4.78, 5) is 37.8. The highest BCUT2D eigenvalue weighted by Crippen LogP contribution is 2.14. The van der Waals surface area contributed by atoms with Crippen molar-refractivity contribution in [1.82, 2.24) is 0 Å². The lowest BCUT2D eigenvalue weighted by molar-refractivity contribution is -0.167. The lowest BCUT2D eigenvalue weighted by atomic mass is 10.1. The van der Waals surface area contributed by atoms with Crippen molar-refractivity contribution >= 4 is 17.9 Å². The first kappa shape index (κ1) is 55.9. The monoisotopic (exact) mass is 823 g/mol. The van der Waals surface area contributed by atoms with E-state index in [1.165, 1.54) is 89.9 Å². The van der Waals surface area contributed by atoms with Crippen LogP contribution in [0.1, 0.15) is 226 Å². The fraction of sp³-hybridized carbons (Fsp3) is 0.717. The Bertz CT molecular complexity index is 1130. The van der Waals surface area contributed by atoms with Crippen LogP contribution in [0.15, 0.2) is 72.9 Å². The second kappa shape index (κ2) is 47.5. The summed E-state index contributed by atoms with van der Waals surface area (Å²) >= 11 is 0. The van der Waals surface area contributed by atoms with E-state index in [2.05, 4.69) is 93.7 Å². The molecular weight excluding hydrogens is 733 g/mol. The predicted octanol–water partition coefficient (Wildman–Crippen LogP) is 15.9. The van der Waals surface area contributed by atoms with Crippen LogP contribution in [0.3, 0.4) is 0 Å².